The highest BCUT2D eigenvalue weighted by molar-refractivity contribution is 6.15. The first-order chi connectivity index (χ1) is 15.6. The Morgan fingerprint density at radius 1 is 0.750 bits per heavy atom. The SMILES string of the molecule is COc1ccc([C@H]2C(=O)N(c3ccccc3OC)CC(=O)N2c2ccc(OC)cc2)cc1. The van der Waals surface area contributed by atoms with E-state index in [2.05, 4.69) is 0 Å². The van der Waals surface area contributed by atoms with Gasteiger partial charge >= 0.3 is 0 Å². The molecule has 0 radical (unpaired) electrons. The molecule has 0 bridgehead atoms. The average molecular weight is 432 g/mol. The number of para-hydroxylation sites is 2. The van der Waals surface area contributed by atoms with Crippen LogP contribution in [0.5, 0.6) is 17.2 Å². The highest BCUT2D eigenvalue weighted by atomic mass is 16.5. The number of carbonyl (C=O) groups is 2. The number of nitrogens with zero attached hydrogens (tertiary/aromatic N) is 2. The maximum atomic E-state index is 13.8. The van der Waals surface area contributed by atoms with Crippen LogP contribution in [-0.4, -0.2) is 39.7 Å². The van der Waals surface area contributed by atoms with Crippen molar-refractivity contribution in [2.45, 2.75) is 6.04 Å². The molecule has 164 valence electrons. The fourth-order valence-electron chi connectivity index (χ4n) is 3.86. The van der Waals surface area contributed by atoms with Crippen LogP contribution in [0.2, 0.25) is 0 Å². The monoisotopic (exact) mass is 432 g/mol. The molecule has 1 heterocycles. The summed E-state index contributed by atoms with van der Waals surface area (Å²) in [5.41, 5.74) is 1.85. The molecular weight excluding hydrogens is 408 g/mol. The highest BCUT2D eigenvalue weighted by Gasteiger charge is 2.42. The summed E-state index contributed by atoms with van der Waals surface area (Å²) in [5.74, 6) is 1.43. The summed E-state index contributed by atoms with van der Waals surface area (Å²) in [6.45, 7) is -0.0993. The molecule has 7 heteroatoms. The van der Waals surface area contributed by atoms with Crippen molar-refractivity contribution < 1.29 is 23.8 Å². The van der Waals surface area contributed by atoms with Crippen LogP contribution in [0.25, 0.3) is 0 Å². The van der Waals surface area contributed by atoms with Crippen LogP contribution in [0.4, 0.5) is 11.4 Å². The van der Waals surface area contributed by atoms with Crippen LogP contribution < -0.4 is 24.0 Å². The van der Waals surface area contributed by atoms with Crippen LogP contribution in [0.3, 0.4) is 0 Å². The van der Waals surface area contributed by atoms with E-state index in [1.54, 1.807) is 82.0 Å². The molecule has 1 aliphatic heterocycles. The van der Waals surface area contributed by atoms with Crippen molar-refractivity contribution >= 4 is 23.2 Å². The van der Waals surface area contributed by atoms with Gasteiger partial charge in [0.15, 0.2) is 0 Å². The molecule has 0 aromatic heterocycles. The van der Waals surface area contributed by atoms with Crippen LogP contribution in [0, 0.1) is 0 Å². The predicted octanol–water partition coefficient (Wildman–Crippen LogP) is 3.83. The summed E-state index contributed by atoms with van der Waals surface area (Å²) in [4.78, 5) is 30.3. The van der Waals surface area contributed by atoms with E-state index >= 15 is 0 Å². The zero-order chi connectivity index (χ0) is 22.7. The van der Waals surface area contributed by atoms with Gasteiger partial charge in [-0.25, -0.2) is 0 Å². The molecule has 4 rings (SSSR count). The molecule has 0 N–H and O–H groups in total. The lowest BCUT2D eigenvalue weighted by molar-refractivity contribution is -0.128. The lowest BCUT2D eigenvalue weighted by Crippen LogP contribution is -2.56. The largest absolute Gasteiger partial charge is 0.497 e. The Hall–Kier alpha value is -4.00. The molecule has 3 aromatic carbocycles. The summed E-state index contributed by atoms with van der Waals surface area (Å²) in [6, 6.07) is 20.6. The number of benzene rings is 3. The molecule has 7 nitrogen and oxygen atoms in total. The van der Waals surface area contributed by atoms with Crippen LogP contribution in [0.1, 0.15) is 11.6 Å². The lowest BCUT2D eigenvalue weighted by Gasteiger charge is -2.40. The predicted molar refractivity (Wildman–Crippen MR) is 122 cm³/mol. The second kappa shape index (κ2) is 9.01. The van der Waals surface area contributed by atoms with Crippen molar-refractivity contribution in [3.63, 3.8) is 0 Å². The number of anilines is 2. The van der Waals surface area contributed by atoms with Crippen LogP contribution in [0.15, 0.2) is 72.8 Å². The number of ether oxygens (including phenoxy) is 3. The van der Waals surface area contributed by atoms with Crippen molar-refractivity contribution in [2.24, 2.45) is 0 Å². The number of methoxy groups -OCH3 is 3. The van der Waals surface area contributed by atoms with E-state index in [9.17, 15) is 9.59 Å². The first-order valence-electron chi connectivity index (χ1n) is 10.1. The number of rotatable bonds is 6. The standard InChI is InChI=1S/C25H24N2O5/c1-30-19-12-8-17(9-13-19)24-25(29)26(21-6-4-5-7-22(21)32-3)16-23(28)27(24)18-10-14-20(31-2)15-11-18/h4-15,24H,16H2,1-3H3/t24-/m0/s1. The summed E-state index contributed by atoms with van der Waals surface area (Å²) in [7, 11) is 4.70. The smallest absolute Gasteiger partial charge is 0.255 e. The zero-order valence-electron chi connectivity index (χ0n) is 18.1. The molecule has 1 saturated heterocycles. The summed E-state index contributed by atoms with van der Waals surface area (Å²) < 4.78 is 15.9. The van der Waals surface area contributed by atoms with Gasteiger partial charge in [-0.15, -0.1) is 0 Å². The van der Waals surface area contributed by atoms with Crippen molar-refractivity contribution in [1.29, 1.82) is 0 Å². The second-order valence-corrected chi connectivity index (χ2v) is 7.23. The van der Waals surface area contributed by atoms with Crippen LogP contribution >= 0.6 is 0 Å². The Bertz CT molecular complexity index is 1110. The molecular formula is C25H24N2O5. The molecule has 32 heavy (non-hydrogen) atoms. The van der Waals surface area contributed by atoms with E-state index in [0.29, 0.717) is 34.2 Å². The molecule has 1 atom stereocenters. The third kappa shape index (κ3) is 3.85. The Morgan fingerprint density at radius 2 is 1.34 bits per heavy atom. The molecule has 1 aliphatic rings. The summed E-state index contributed by atoms with van der Waals surface area (Å²) in [6.07, 6.45) is 0. The normalized spacial score (nSPS) is 16.2. The minimum atomic E-state index is -0.847. The molecule has 0 unspecified atom stereocenters. The van der Waals surface area contributed by atoms with Crippen molar-refractivity contribution in [2.75, 3.05) is 37.7 Å². The van der Waals surface area contributed by atoms with Gasteiger partial charge in [0.1, 0.15) is 29.8 Å². The van der Waals surface area contributed by atoms with Gasteiger partial charge in [-0.05, 0) is 54.1 Å². The fourth-order valence-corrected chi connectivity index (χ4v) is 3.86. The molecule has 3 aromatic rings. The second-order valence-electron chi connectivity index (χ2n) is 7.23. The summed E-state index contributed by atoms with van der Waals surface area (Å²) in [5, 5.41) is 0. The number of carbonyl (C=O) groups excluding carboxylic acids is 2. The van der Waals surface area contributed by atoms with E-state index in [-0.39, 0.29) is 18.4 Å². The number of hydrogen-bond donors (Lipinski definition) is 0. The van der Waals surface area contributed by atoms with Gasteiger partial charge < -0.3 is 14.2 Å². The third-order valence-corrected chi connectivity index (χ3v) is 5.48. The minimum Gasteiger partial charge on any atom is -0.497 e. The van der Waals surface area contributed by atoms with Crippen molar-refractivity contribution in [3.05, 3.63) is 78.4 Å². The Labute approximate surface area is 186 Å². The number of hydrogen-bond acceptors (Lipinski definition) is 5. The van der Waals surface area contributed by atoms with Gasteiger partial charge in [0, 0.05) is 5.69 Å². The van der Waals surface area contributed by atoms with E-state index < -0.39 is 6.04 Å². The first-order valence-corrected chi connectivity index (χ1v) is 10.1. The molecule has 0 spiro atoms. The topological polar surface area (TPSA) is 68.3 Å². The highest BCUT2D eigenvalue weighted by Crippen LogP contribution is 2.38. The summed E-state index contributed by atoms with van der Waals surface area (Å²) >= 11 is 0. The zero-order valence-corrected chi connectivity index (χ0v) is 18.1. The van der Waals surface area contributed by atoms with Gasteiger partial charge in [-0.2, -0.15) is 0 Å². The lowest BCUT2D eigenvalue weighted by atomic mass is 9.99. The first kappa shape index (κ1) is 21.2. The van der Waals surface area contributed by atoms with E-state index in [1.165, 1.54) is 9.80 Å². The van der Waals surface area contributed by atoms with Crippen molar-refractivity contribution in [3.8, 4) is 17.2 Å². The molecule has 0 saturated carbocycles. The Balaban J connectivity index is 1.81. The van der Waals surface area contributed by atoms with Gasteiger partial charge in [0.25, 0.3) is 5.91 Å². The van der Waals surface area contributed by atoms with Gasteiger partial charge in [-0.3, -0.25) is 19.4 Å². The molecule has 0 aliphatic carbocycles. The Kier molecular flexibility index (Phi) is 5.98. The van der Waals surface area contributed by atoms with Gasteiger partial charge in [0.05, 0.1) is 27.0 Å². The third-order valence-electron chi connectivity index (χ3n) is 5.48. The van der Waals surface area contributed by atoms with Crippen LogP contribution in [-0.2, 0) is 9.59 Å². The molecule has 2 amide bonds. The molecule has 1 fully saturated rings. The van der Waals surface area contributed by atoms with E-state index in [0.717, 1.165) is 0 Å². The maximum Gasteiger partial charge on any atom is 0.255 e. The fraction of sp³-hybridized carbons (Fsp3) is 0.200. The van der Waals surface area contributed by atoms with E-state index in [4.69, 9.17) is 14.2 Å². The van der Waals surface area contributed by atoms with Crippen molar-refractivity contribution in [1.82, 2.24) is 0 Å². The Morgan fingerprint density at radius 3 is 1.94 bits per heavy atom. The number of piperazine rings is 1. The van der Waals surface area contributed by atoms with E-state index in [1.807, 2.05) is 12.1 Å². The quantitative estimate of drug-likeness (QED) is 0.592. The maximum absolute atomic E-state index is 13.8. The van der Waals surface area contributed by atoms with Gasteiger partial charge in [-0.1, -0.05) is 24.3 Å². The minimum absolute atomic E-state index is 0.0993. The van der Waals surface area contributed by atoms with Gasteiger partial charge in [0.2, 0.25) is 5.91 Å². The average Bonchev–Trinajstić information content (AvgIpc) is 2.85. The number of amides is 2.